The van der Waals surface area contributed by atoms with Crippen molar-refractivity contribution < 1.29 is 38.6 Å². The van der Waals surface area contributed by atoms with E-state index >= 15 is 0 Å². The smallest absolute Gasteiger partial charge is 0.407 e. The minimum absolute atomic E-state index is 0.0200. The van der Waals surface area contributed by atoms with Crippen molar-refractivity contribution in [2.24, 2.45) is 0 Å². The van der Waals surface area contributed by atoms with E-state index in [2.05, 4.69) is 16.0 Å². The van der Waals surface area contributed by atoms with E-state index in [1.807, 2.05) is 48.5 Å². The molecular formula is C30H37N3O8. The average Bonchev–Trinajstić information content (AvgIpc) is 3.22. The Bertz CT molecular complexity index is 1260. The molecule has 41 heavy (non-hydrogen) atoms. The predicted molar refractivity (Wildman–Crippen MR) is 150 cm³/mol. The van der Waals surface area contributed by atoms with Gasteiger partial charge in [0.1, 0.15) is 30.3 Å². The molecule has 2 aromatic rings. The van der Waals surface area contributed by atoms with Crippen LogP contribution in [-0.2, 0) is 28.7 Å². The number of hydrogen-bond donors (Lipinski definition) is 4. The van der Waals surface area contributed by atoms with Crippen LogP contribution in [0.1, 0.15) is 64.5 Å². The third-order valence-corrected chi connectivity index (χ3v) is 6.49. The van der Waals surface area contributed by atoms with Crippen LogP contribution >= 0.6 is 0 Å². The van der Waals surface area contributed by atoms with Gasteiger partial charge in [0.2, 0.25) is 11.8 Å². The van der Waals surface area contributed by atoms with E-state index in [9.17, 15) is 24.0 Å². The molecule has 2 aromatic carbocycles. The number of carboxylic acid groups (broad SMARTS) is 1. The Hall–Kier alpha value is -4.41. The van der Waals surface area contributed by atoms with E-state index in [-0.39, 0.29) is 25.4 Å². The van der Waals surface area contributed by atoms with Crippen LogP contribution in [0.4, 0.5) is 4.79 Å². The van der Waals surface area contributed by atoms with Gasteiger partial charge in [-0.1, -0.05) is 48.5 Å². The summed E-state index contributed by atoms with van der Waals surface area (Å²) in [5, 5.41) is 16.2. The molecule has 0 bridgehead atoms. The number of fused-ring (bicyclic) bond motifs is 3. The molecule has 3 amide bonds. The molecule has 1 aliphatic rings. The van der Waals surface area contributed by atoms with Gasteiger partial charge in [0.25, 0.3) is 0 Å². The van der Waals surface area contributed by atoms with Crippen LogP contribution in [0.5, 0.6) is 0 Å². The lowest BCUT2D eigenvalue weighted by Crippen LogP contribution is -2.54. The molecule has 220 valence electrons. The van der Waals surface area contributed by atoms with Gasteiger partial charge in [-0.3, -0.25) is 19.2 Å². The Labute approximate surface area is 239 Å². The molecule has 0 aromatic heterocycles. The lowest BCUT2D eigenvalue weighted by Gasteiger charge is -2.23. The fourth-order valence-electron chi connectivity index (χ4n) is 4.49. The molecule has 0 fully saturated rings. The number of hydrogen-bond acceptors (Lipinski definition) is 7. The highest BCUT2D eigenvalue weighted by atomic mass is 16.6. The molecule has 11 heteroatoms. The van der Waals surface area contributed by atoms with Gasteiger partial charge in [-0.2, -0.15) is 0 Å². The summed E-state index contributed by atoms with van der Waals surface area (Å²) in [6, 6.07) is 12.2. The summed E-state index contributed by atoms with van der Waals surface area (Å²) in [5.74, 6) is -3.45. The zero-order valence-electron chi connectivity index (χ0n) is 23.9. The summed E-state index contributed by atoms with van der Waals surface area (Å²) in [5.41, 5.74) is 3.45. The molecule has 3 atom stereocenters. The maximum absolute atomic E-state index is 13.1. The average molecular weight is 568 g/mol. The van der Waals surface area contributed by atoms with E-state index < -0.39 is 53.6 Å². The van der Waals surface area contributed by atoms with Crippen LogP contribution in [0, 0.1) is 0 Å². The summed E-state index contributed by atoms with van der Waals surface area (Å²) in [4.78, 5) is 61.6. The first kappa shape index (κ1) is 31.1. The molecule has 11 nitrogen and oxygen atoms in total. The van der Waals surface area contributed by atoms with Gasteiger partial charge in [0.05, 0.1) is 0 Å². The summed E-state index contributed by atoms with van der Waals surface area (Å²) in [6.07, 6.45) is -1.17. The number of ether oxygens (including phenoxy) is 2. The van der Waals surface area contributed by atoms with Crippen molar-refractivity contribution in [2.45, 2.75) is 77.1 Å². The number of carboxylic acids is 1. The van der Waals surface area contributed by atoms with Crippen molar-refractivity contribution in [1.82, 2.24) is 16.0 Å². The number of carbonyl (C=O) groups is 5. The summed E-state index contributed by atoms with van der Waals surface area (Å²) in [6.45, 7) is 7.82. The first-order chi connectivity index (χ1) is 19.3. The van der Waals surface area contributed by atoms with Gasteiger partial charge >= 0.3 is 18.0 Å². The van der Waals surface area contributed by atoms with Crippen molar-refractivity contribution in [3.63, 3.8) is 0 Å². The van der Waals surface area contributed by atoms with Crippen LogP contribution in [-0.4, -0.2) is 65.3 Å². The van der Waals surface area contributed by atoms with Gasteiger partial charge in [0.15, 0.2) is 0 Å². The van der Waals surface area contributed by atoms with Gasteiger partial charge in [-0.15, -0.1) is 0 Å². The Kier molecular flexibility index (Phi) is 10.1. The molecular weight excluding hydrogens is 530 g/mol. The lowest BCUT2D eigenvalue weighted by molar-refractivity contribution is -0.155. The number of aliphatic carboxylic acids is 1. The zero-order chi connectivity index (χ0) is 30.3. The van der Waals surface area contributed by atoms with Gasteiger partial charge in [-0.25, -0.2) is 4.79 Å². The molecule has 4 N–H and O–H groups in total. The fraction of sp³-hybridized carbons (Fsp3) is 0.433. The SMILES string of the molecule is CC(NC(=O)C(C)NC(=O)C(CCC(=O)OC(C)(C)C)NC(=O)OCC1c2ccccc2-c2ccccc21)C(=O)O. The van der Waals surface area contributed by atoms with E-state index in [0.29, 0.717) is 0 Å². The summed E-state index contributed by atoms with van der Waals surface area (Å²) >= 11 is 0. The molecule has 0 saturated carbocycles. The van der Waals surface area contributed by atoms with Crippen molar-refractivity contribution >= 4 is 29.8 Å². The van der Waals surface area contributed by atoms with E-state index in [1.54, 1.807) is 20.8 Å². The summed E-state index contributed by atoms with van der Waals surface area (Å²) < 4.78 is 10.9. The van der Waals surface area contributed by atoms with Crippen LogP contribution in [0.15, 0.2) is 48.5 Å². The van der Waals surface area contributed by atoms with Gasteiger partial charge in [-0.05, 0) is 63.3 Å². The molecule has 0 heterocycles. The third kappa shape index (κ3) is 8.54. The van der Waals surface area contributed by atoms with Crippen LogP contribution in [0.2, 0.25) is 0 Å². The Morgan fingerprint density at radius 2 is 1.37 bits per heavy atom. The standard InChI is InChI=1S/C30H37N3O8/c1-17(26(35)32-18(2)28(37)38)31-27(36)24(14-15-25(34)41-30(3,4)5)33-29(39)40-16-23-21-12-8-6-10-19(21)20-11-7-9-13-22(20)23/h6-13,17-18,23-24H,14-16H2,1-5H3,(H,31,36)(H,32,35)(H,33,39)(H,37,38). The summed E-state index contributed by atoms with van der Waals surface area (Å²) in [7, 11) is 0. The van der Waals surface area contributed by atoms with Crippen molar-refractivity contribution in [3.05, 3.63) is 59.7 Å². The number of rotatable bonds is 11. The number of nitrogens with one attached hydrogen (secondary N) is 3. The number of amides is 3. The minimum Gasteiger partial charge on any atom is -0.480 e. The molecule has 3 rings (SSSR count). The topological polar surface area (TPSA) is 160 Å². The molecule has 0 aliphatic heterocycles. The van der Waals surface area contributed by atoms with Crippen molar-refractivity contribution in [1.29, 1.82) is 0 Å². The molecule has 0 spiro atoms. The largest absolute Gasteiger partial charge is 0.480 e. The van der Waals surface area contributed by atoms with Crippen LogP contribution in [0.25, 0.3) is 11.1 Å². The quantitative estimate of drug-likeness (QED) is 0.301. The molecule has 0 saturated heterocycles. The van der Waals surface area contributed by atoms with E-state index in [1.165, 1.54) is 13.8 Å². The monoisotopic (exact) mass is 567 g/mol. The van der Waals surface area contributed by atoms with Crippen molar-refractivity contribution in [2.75, 3.05) is 6.61 Å². The van der Waals surface area contributed by atoms with E-state index in [0.717, 1.165) is 22.3 Å². The number of alkyl carbamates (subject to hydrolysis) is 1. The molecule has 3 unspecified atom stereocenters. The fourth-order valence-corrected chi connectivity index (χ4v) is 4.49. The number of carbonyl (C=O) groups excluding carboxylic acids is 4. The van der Waals surface area contributed by atoms with Crippen molar-refractivity contribution in [3.8, 4) is 11.1 Å². The second-order valence-corrected chi connectivity index (χ2v) is 10.9. The normalized spacial score (nSPS) is 14.5. The number of benzene rings is 2. The van der Waals surface area contributed by atoms with Crippen LogP contribution in [0.3, 0.4) is 0 Å². The van der Waals surface area contributed by atoms with Gasteiger partial charge < -0.3 is 30.5 Å². The molecule has 1 aliphatic carbocycles. The minimum atomic E-state index is -1.23. The second-order valence-electron chi connectivity index (χ2n) is 10.9. The maximum Gasteiger partial charge on any atom is 0.407 e. The molecule has 0 radical (unpaired) electrons. The maximum atomic E-state index is 13.1. The van der Waals surface area contributed by atoms with Gasteiger partial charge in [0, 0.05) is 12.3 Å². The third-order valence-electron chi connectivity index (χ3n) is 6.49. The second kappa shape index (κ2) is 13.3. The Morgan fingerprint density at radius 3 is 1.90 bits per heavy atom. The highest BCUT2D eigenvalue weighted by Crippen LogP contribution is 2.44. The Balaban J connectivity index is 1.67. The zero-order valence-corrected chi connectivity index (χ0v) is 23.9. The highest BCUT2D eigenvalue weighted by Gasteiger charge is 2.31. The highest BCUT2D eigenvalue weighted by molar-refractivity contribution is 5.92. The van der Waals surface area contributed by atoms with E-state index in [4.69, 9.17) is 14.6 Å². The Morgan fingerprint density at radius 1 is 0.829 bits per heavy atom. The first-order valence-corrected chi connectivity index (χ1v) is 13.4. The lowest BCUT2D eigenvalue weighted by atomic mass is 9.98. The predicted octanol–water partition coefficient (Wildman–Crippen LogP) is 3.11. The van der Waals surface area contributed by atoms with Crippen LogP contribution < -0.4 is 16.0 Å². The first-order valence-electron chi connectivity index (χ1n) is 13.4. The number of esters is 1.